The molecule has 3 N–H and O–H groups in total. The van der Waals surface area contributed by atoms with Crippen LogP contribution in [0.2, 0.25) is 0 Å². The molecule has 1 amide bonds. The van der Waals surface area contributed by atoms with E-state index in [4.69, 9.17) is 5.11 Å². The fraction of sp³-hybridized carbons (Fsp3) is 0.846. The average molecular weight is 256 g/mol. The Bertz CT molecular complexity index is 275. The predicted molar refractivity (Wildman–Crippen MR) is 69.3 cm³/mol. The van der Waals surface area contributed by atoms with Crippen LogP contribution in [0.5, 0.6) is 0 Å². The fourth-order valence-corrected chi connectivity index (χ4v) is 2.31. The van der Waals surface area contributed by atoms with Crippen molar-refractivity contribution < 1.29 is 14.7 Å². The highest BCUT2D eigenvalue weighted by Crippen LogP contribution is 2.15. The zero-order valence-electron chi connectivity index (χ0n) is 11.1. The quantitative estimate of drug-likeness (QED) is 0.638. The minimum absolute atomic E-state index is 0.00717. The van der Waals surface area contributed by atoms with Crippen molar-refractivity contribution >= 4 is 11.9 Å². The van der Waals surface area contributed by atoms with E-state index in [9.17, 15) is 9.59 Å². The number of nitrogens with one attached hydrogen (secondary N) is 2. The summed E-state index contributed by atoms with van der Waals surface area (Å²) in [5.74, 6) is -0.295. The van der Waals surface area contributed by atoms with Gasteiger partial charge in [0.1, 0.15) is 0 Å². The Kier molecular flexibility index (Phi) is 6.72. The topological polar surface area (TPSA) is 78.4 Å². The van der Waals surface area contributed by atoms with Gasteiger partial charge >= 0.3 is 5.97 Å². The molecule has 1 aliphatic rings. The van der Waals surface area contributed by atoms with Crippen molar-refractivity contribution in [2.45, 2.75) is 51.5 Å². The first-order chi connectivity index (χ1) is 8.61. The Morgan fingerprint density at radius 2 is 2.28 bits per heavy atom. The molecule has 0 spiro atoms. The van der Waals surface area contributed by atoms with E-state index in [1.54, 1.807) is 0 Å². The third-order valence-electron chi connectivity index (χ3n) is 3.46. The summed E-state index contributed by atoms with van der Waals surface area (Å²) in [6.45, 7) is 3.97. The lowest BCUT2D eigenvalue weighted by Crippen LogP contribution is -2.37. The van der Waals surface area contributed by atoms with Gasteiger partial charge in [-0.25, -0.2) is 0 Å². The number of carboxylic acid groups (broad SMARTS) is 1. The molecule has 1 heterocycles. The molecule has 0 saturated carbocycles. The van der Waals surface area contributed by atoms with E-state index in [-0.39, 0.29) is 18.4 Å². The first kappa shape index (κ1) is 15.0. The molecule has 1 rings (SSSR count). The van der Waals surface area contributed by atoms with E-state index in [0.717, 1.165) is 19.5 Å². The van der Waals surface area contributed by atoms with Crippen LogP contribution in [0.3, 0.4) is 0 Å². The van der Waals surface area contributed by atoms with Gasteiger partial charge in [0, 0.05) is 12.5 Å². The minimum Gasteiger partial charge on any atom is -0.481 e. The first-order valence-corrected chi connectivity index (χ1v) is 6.83. The van der Waals surface area contributed by atoms with E-state index in [2.05, 4.69) is 10.6 Å². The van der Waals surface area contributed by atoms with Crippen LogP contribution in [0, 0.1) is 5.92 Å². The molecule has 0 aromatic carbocycles. The Labute approximate surface area is 108 Å². The van der Waals surface area contributed by atoms with Gasteiger partial charge in [-0.05, 0) is 44.7 Å². The van der Waals surface area contributed by atoms with Crippen molar-refractivity contribution in [2.24, 2.45) is 5.92 Å². The van der Waals surface area contributed by atoms with Crippen LogP contribution in [0.15, 0.2) is 0 Å². The van der Waals surface area contributed by atoms with Crippen molar-refractivity contribution in [1.29, 1.82) is 0 Å². The molecule has 0 aliphatic carbocycles. The minimum atomic E-state index is -0.862. The normalized spacial score (nSPS) is 21.3. The van der Waals surface area contributed by atoms with Crippen LogP contribution in [0.25, 0.3) is 0 Å². The maximum atomic E-state index is 11.7. The lowest BCUT2D eigenvalue weighted by molar-refractivity contribution is -0.137. The highest BCUT2D eigenvalue weighted by atomic mass is 16.4. The largest absolute Gasteiger partial charge is 0.481 e. The Hall–Kier alpha value is -1.10. The number of amides is 1. The smallest absolute Gasteiger partial charge is 0.305 e. The van der Waals surface area contributed by atoms with Gasteiger partial charge in [0.15, 0.2) is 0 Å². The monoisotopic (exact) mass is 256 g/mol. The van der Waals surface area contributed by atoms with Crippen LogP contribution in [0.1, 0.15) is 45.4 Å². The third kappa shape index (κ3) is 6.00. The summed E-state index contributed by atoms with van der Waals surface area (Å²) >= 11 is 0. The lowest BCUT2D eigenvalue weighted by atomic mass is 9.94. The number of hydrogen-bond donors (Lipinski definition) is 3. The van der Waals surface area contributed by atoms with Gasteiger partial charge in [-0.2, -0.15) is 0 Å². The van der Waals surface area contributed by atoms with Crippen LogP contribution in [-0.2, 0) is 9.59 Å². The van der Waals surface area contributed by atoms with Crippen molar-refractivity contribution in [3.63, 3.8) is 0 Å². The van der Waals surface area contributed by atoms with Gasteiger partial charge in [-0.3, -0.25) is 9.59 Å². The second-order valence-corrected chi connectivity index (χ2v) is 5.02. The second kappa shape index (κ2) is 8.08. The van der Waals surface area contributed by atoms with Crippen LogP contribution in [0.4, 0.5) is 0 Å². The van der Waals surface area contributed by atoms with E-state index >= 15 is 0 Å². The molecule has 104 valence electrons. The van der Waals surface area contributed by atoms with Crippen molar-refractivity contribution in [2.75, 3.05) is 13.1 Å². The molecule has 18 heavy (non-hydrogen) atoms. The van der Waals surface area contributed by atoms with E-state index in [0.29, 0.717) is 18.8 Å². The summed E-state index contributed by atoms with van der Waals surface area (Å²) in [5.41, 5.74) is 0. The average Bonchev–Trinajstić information content (AvgIpc) is 2.36. The van der Waals surface area contributed by atoms with Gasteiger partial charge in [0.25, 0.3) is 0 Å². The predicted octanol–water partition coefficient (Wildman–Crippen LogP) is 1.14. The molecule has 5 nitrogen and oxygen atoms in total. The molecule has 0 aromatic heterocycles. The highest BCUT2D eigenvalue weighted by molar-refractivity contribution is 5.77. The number of carbonyl (C=O) groups is 2. The van der Waals surface area contributed by atoms with Crippen molar-refractivity contribution in [3.8, 4) is 0 Å². The number of hydrogen-bond acceptors (Lipinski definition) is 3. The maximum absolute atomic E-state index is 11.7. The third-order valence-corrected chi connectivity index (χ3v) is 3.46. The zero-order valence-corrected chi connectivity index (χ0v) is 11.1. The molecule has 2 unspecified atom stereocenters. The summed E-state index contributed by atoms with van der Waals surface area (Å²) < 4.78 is 0. The SMILES string of the molecule is CCC(CC(=O)O)NC(=O)CCC1CCCNC1. The maximum Gasteiger partial charge on any atom is 0.305 e. The first-order valence-electron chi connectivity index (χ1n) is 6.83. The summed E-state index contributed by atoms with van der Waals surface area (Å²) in [5, 5.41) is 14.8. The Morgan fingerprint density at radius 3 is 2.83 bits per heavy atom. The van der Waals surface area contributed by atoms with Gasteiger partial charge < -0.3 is 15.7 Å². The van der Waals surface area contributed by atoms with E-state index < -0.39 is 5.97 Å². The van der Waals surface area contributed by atoms with Crippen LogP contribution < -0.4 is 10.6 Å². The Balaban J connectivity index is 2.20. The van der Waals surface area contributed by atoms with Gasteiger partial charge in [0.2, 0.25) is 5.91 Å². The number of piperidine rings is 1. The van der Waals surface area contributed by atoms with Gasteiger partial charge in [0.05, 0.1) is 6.42 Å². The summed E-state index contributed by atoms with van der Waals surface area (Å²) in [4.78, 5) is 22.3. The molecule has 1 aliphatic heterocycles. The number of carbonyl (C=O) groups excluding carboxylic acids is 1. The molecular formula is C13H24N2O3. The summed E-state index contributed by atoms with van der Waals surface area (Å²) in [7, 11) is 0. The van der Waals surface area contributed by atoms with E-state index in [1.165, 1.54) is 12.8 Å². The van der Waals surface area contributed by atoms with Gasteiger partial charge in [-0.15, -0.1) is 0 Å². The standard InChI is InChI=1S/C13H24N2O3/c1-2-11(8-13(17)18)15-12(16)6-5-10-4-3-7-14-9-10/h10-11,14H,2-9H2,1H3,(H,15,16)(H,17,18). The Morgan fingerprint density at radius 1 is 1.50 bits per heavy atom. The molecule has 2 atom stereocenters. The molecule has 1 saturated heterocycles. The molecule has 5 heteroatoms. The lowest BCUT2D eigenvalue weighted by Gasteiger charge is -2.22. The molecule has 1 fully saturated rings. The summed E-state index contributed by atoms with van der Waals surface area (Å²) in [6, 6.07) is -0.237. The van der Waals surface area contributed by atoms with Gasteiger partial charge in [-0.1, -0.05) is 6.92 Å². The molecule has 0 bridgehead atoms. The second-order valence-electron chi connectivity index (χ2n) is 5.02. The number of aliphatic carboxylic acids is 1. The van der Waals surface area contributed by atoms with Crippen molar-refractivity contribution in [1.82, 2.24) is 10.6 Å². The van der Waals surface area contributed by atoms with Crippen molar-refractivity contribution in [3.05, 3.63) is 0 Å². The highest BCUT2D eigenvalue weighted by Gasteiger charge is 2.17. The number of carboxylic acids is 1. The molecule has 0 aromatic rings. The van der Waals surface area contributed by atoms with Crippen LogP contribution in [-0.4, -0.2) is 36.1 Å². The number of rotatable bonds is 7. The fourth-order valence-electron chi connectivity index (χ4n) is 2.31. The van der Waals surface area contributed by atoms with E-state index in [1.807, 2.05) is 6.92 Å². The molecular weight excluding hydrogens is 232 g/mol. The van der Waals surface area contributed by atoms with Crippen LogP contribution >= 0.6 is 0 Å². The summed E-state index contributed by atoms with van der Waals surface area (Å²) in [6.07, 6.45) is 4.43. The zero-order chi connectivity index (χ0) is 13.4. The molecule has 0 radical (unpaired) electrons.